The van der Waals surface area contributed by atoms with Crippen LogP contribution in [0, 0.1) is 0 Å². The lowest BCUT2D eigenvalue weighted by Gasteiger charge is -1.95. The number of amides is 1. The zero-order valence-electron chi connectivity index (χ0n) is 7.86. The van der Waals surface area contributed by atoms with E-state index in [1.807, 2.05) is 18.2 Å². The number of rotatable bonds is 0. The molecule has 0 fully saturated rings. The lowest BCUT2D eigenvalue weighted by Crippen LogP contribution is -2.31. The smallest absolute Gasteiger partial charge is 0.252 e. The molecule has 1 aromatic rings. The molecule has 0 spiro atoms. The van der Waals surface area contributed by atoms with Crippen LogP contribution in [0.15, 0.2) is 29.6 Å². The molecule has 4 heteroatoms. The summed E-state index contributed by atoms with van der Waals surface area (Å²) < 4.78 is 0. The Balaban J connectivity index is 2.46. The number of hydrogen-bond acceptors (Lipinski definition) is 3. The molecule has 0 unspecified atom stereocenters. The lowest BCUT2D eigenvalue weighted by atomic mass is 10.1. The molecular weight excluding hydrogens is 192 g/mol. The molecule has 1 N–H and O–H groups in total. The normalized spacial score (nSPS) is 16.4. The Morgan fingerprint density at radius 1 is 1.40 bits per heavy atom. The van der Waals surface area contributed by atoms with Crippen molar-refractivity contribution in [3.63, 3.8) is 0 Å². The van der Waals surface area contributed by atoms with Gasteiger partial charge in [-0.25, -0.2) is 0 Å². The van der Waals surface area contributed by atoms with Crippen LogP contribution in [0.1, 0.15) is 15.9 Å². The second kappa shape index (κ2) is 2.95. The number of carbonyl (C=O) groups is 1. The molecular formula is C11H8N2O2. The van der Waals surface area contributed by atoms with Gasteiger partial charge < -0.3 is 10.2 Å². The van der Waals surface area contributed by atoms with Crippen LogP contribution < -0.4 is 15.9 Å². The third-order valence-corrected chi connectivity index (χ3v) is 2.53. The fraction of sp³-hybridized carbons (Fsp3) is 0.0909. The number of allylic oxidation sites excluding steroid dienone is 1. The summed E-state index contributed by atoms with van der Waals surface area (Å²) in [5.41, 5.74) is 1.73. The van der Waals surface area contributed by atoms with Crippen molar-refractivity contribution in [2.45, 2.75) is 6.54 Å². The van der Waals surface area contributed by atoms with Crippen molar-refractivity contribution in [3.05, 3.63) is 46.2 Å². The average molecular weight is 200 g/mol. The molecule has 74 valence electrons. The SMILES string of the molecule is O=C1NCc2ccc3c(c21)=CC=CON=3. The molecule has 2 heterocycles. The Kier molecular flexibility index (Phi) is 1.62. The van der Waals surface area contributed by atoms with Crippen molar-refractivity contribution >= 4 is 12.0 Å². The fourth-order valence-corrected chi connectivity index (χ4v) is 1.84. The summed E-state index contributed by atoms with van der Waals surface area (Å²) in [5.74, 6) is -0.0383. The highest BCUT2D eigenvalue weighted by molar-refractivity contribution is 5.98. The van der Waals surface area contributed by atoms with Crippen LogP contribution in [0.25, 0.3) is 6.08 Å². The molecule has 2 aliphatic heterocycles. The number of nitrogens with one attached hydrogen (secondary N) is 1. The van der Waals surface area contributed by atoms with Crippen LogP contribution in [-0.2, 0) is 11.4 Å². The quantitative estimate of drug-likeness (QED) is 0.630. The van der Waals surface area contributed by atoms with Crippen molar-refractivity contribution in [2.75, 3.05) is 0 Å². The first-order chi connectivity index (χ1) is 7.36. The van der Waals surface area contributed by atoms with Crippen LogP contribution in [0.4, 0.5) is 0 Å². The van der Waals surface area contributed by atoms with E-state index in [2.05, 4.69) is 10.5 Å². The molecule has 0 saturated carbocycles. The summed E-state index contributed by atoms with van der Waals surface area (Å²) in [7, 11) is 0. The molecule has 1 aromatic carbocycles. The minimum absolute atomic E-state index is 0.0383. The van der Waals surface area contributed by atoms with Gasteiger partial charge in [0.2, 0.25) is 0 Å². The van der Waals surface area contributed by atoms with E-state index >= 15 is 0 Å². The third-order valence-electron chi connectivity index (χ3n) is 2.53. The Morgan fingerprint density at radius 3 is 3.27 bits per heavy atom. The highest BCUT2D eigenvalue weighted by atomic mass is 16.6. The van der Waals surface area contributed by atoms with Gasteiger partial charge in [0.25, 0.3) is 5.91 Å². The van der Waals surface area contributed by atoms with Gasteiger partial charge in [0, 0.05) is 11.8 Å². The van der Waals surface area contributed by atoms with E-state index in [1.54, 1.807) is 6.08 Å². The number of hydrogen-bond donors (Lipinski definition) is 1. The van der Waals surface area contributed by atoms with Gasteiger partial charge in [-0.3, -0.25) is 4.79 Å². The zero-order valence-corrected chi connectivity index (χ0v) is 7.86. The number of benzene rings is 1. The van der Waals surface area contributed by atoms with E-state index in [1.165, 1.54) is 6.26 Å². The Hall–Kier alpha value is -2.10. The van der Waals surface area contributed by atoms with Crippen molar-refractivity contribution in [1.29, 1.82) is 0 Å². The van der Waals surface area contributed by atoms with Crippen molar-refractivity contribution in [3.8, 4) is 0 Å². The number of nitrogens with zero attached hydrogens (tertiary/aromatic N) is 1. The van der Waals surface area contributed by atoms with E-state index in [-0.39, 0.29) is 5.91 Å². The molecule has 15 heavy (non-hydrogen) atoms. The van der Waals surface area contributed by atoms with E-state index < -0.39 is 0 Å². The molecule has 0 bridgehead atoms. The van der Waals surface area contributed by atoms with E-state index in [0.29, 0.717) is 17.5 Å². The summed E-state index contributed by atoms with van der Waals surface area (Å²) >= 11 is 0. The summed E-state index contributed by atoms with van der Waals surface area (Å²) in [6, 6.07) is 3.76. The highest BCUT2D eigenvalue weighted by Gasteiger charge is 2.20. The van der Waals surface area contributed by atoms with Gasteiger partial charge in [0.05, 0.1) is 5.56 Å². The summed E-state index contributed by atoms with van der Waals surface area (Å²) in [6.45, 7) is 0.597. The summed E-state index contributed by atoms with van der Waals surface area (Å²) in [5, 5.41) is 8.21. The molecule has 4 nitrogen and oxygen atoms in total. The average Bonchev–Trinajstić information content (AvgIpc) is 2.51. The molecule has 3 rings (SSSR count). The number of fused-ring (bicyclic) bond motifs is 3. The second-order valence-electron chi connectivity index (χ2n) is 3.41. The topological polar surface area (TPSA) is 50.7 Å². The maximum absolute atomic E-state index is 11.6. The Bertz CT molecular complexity index is 587. The molecule has 2 aliphatic rings. The lowest BCUT2D eigenvalue weighted by molar-refractivity contribution is 0.0965. The monoisotopic (exact) mass is 200 g/mol. The molecule has 0 saturated heterocycles. The molecule has 1 amide bonds. The third kappa shape index (κ3) is 1.15. The standard InChI is InChI=1S/C11H8N2O2/c14-11-10-7(6-12-11)3-4-9-8(10)2-1-5-15-13-9/h1-5H,6H2,(H,12,14). The second-order valence-corrected chi connectivity index (χ2v) is 3.41. The van der Waals surface area contributed by atoms with Crippen LogP contribution in [-0.4, -0.2) is 5.91 Å². The van der Waals surface area contributed by atoms with Crippen LogP contribution >= 0.6 is 0 Å². The Morgan fingerprint density at radius 2 is 2.33 bits per heavy atom. The largest absolute Gasteiger partial charge is 0.364 e. The van der Waals surface area contributed by atoms with Crippen LogP contribution in [0.2, 0.25) is 0 Å². The first-order valence-electron chi connectivity index (χ1n) is 4.67. The van der Waals surface area contributed by atoms with Gasteiger partial charge >= 0.3 is 0 Å². The van der Waals surface area contributed by atoms with Crippen LogP contribution in [0.5, 0.6) is 0 Å². The first-order valence-corrected chi connectivity index (χ1v) is 4.67. The van der Waals surface area contributed by atoms with Crippen molar-refractivity contribution in [2.24, 2.45) is 5.16 Å². The Labute approximate surface area is 85.5 Å². The van der Waals surface area contributed by atoms with E-state index in [4.69, 9.17) is 4.84 Å². The highest BCUT2D eigenvalue weighted by Crippen LogP contribution is 2.09. The maximum atomic E-state index is 11.6. The van der Waals surface area contributed by atoms with Crippen LogP contribution in [0.3, 0.4) is 0 Å². The van der Waals surface area contributed by atoms with E-state index in [0.717, 1.165) is 10.8 Å². The number of carbonyl (C=O) groups excluding carboxylic acids is 1. The van der Waals surface area contributed by atoms with E-state index in [9.17, 15) is 4.79 Å². The molecule has 0 atom stereocenters. The van der Waals surface area contributed by atoms with Gasteiger partial charge in [-0.1, -0.05) is 11.2 Å². The first kappa shape index (κ1) is 8.23. The van der Waals surface area contributed by atoms with Gasteiger partial charge in [-0.15, -0.1) is 0 Å². The van der Waals surface area contributed by atoms with Gasteiger partial charge in [-0.05, 0) is 23.8 Å². The zero-order chi connectivity index (χ0) is 10.3. The summed E-state index contributed by atoms with van der Waals surface area (Å²) in [4.78, 5) is 16.5. The minimum atomic E-state index is -0.0383. The minimum Gasteiger partial charge on any atom is -0.364 e. The van der Waals surface area contributed by atoms with Crippen molar-refractivity contribution in [1.82, 2.24) is 5.32 Å². The summed E-state index contributed by atoms with van der Waals surface area (Å²) in [6.07, 6.45) is 5.07. The van der Waals surface area contributed by atoms with Gasteiger partial charge in [-0.2, -0.15) is 0 Å². The maximum Gasteiger partial charge on any atom is 0.252 e. The van der Waals surface area contributed by atoms with Crippen molar-refractivity contribution < 1.29 is 9.63 Å². The molecule has 0 radical (unpaired) electrons. The predicted molar refractivity (Wildman–Crippen MR) is 53.1 cm³/mol. The predicted octanol–water partition coefficient (Wildman–Crippen LogP) is -0.211. The fourth-order valence-electron chi connectivity index (χ4n) is 1.84. The molecule has 0 aliphatic carbocycles. The van der Waals surface area contributed by atoms with Gasteiger partial charge in [0.15, 0.2) is 0 Å². The molecule has 0 aromatic heterocycles. The van der Waals surface area contributed by atoms with Gasteiger partial charge in [0.1, 0.15) is 11.6 Å².